The Labute approximate surface area is 178 Å². The predicted molar refractivity (Wildman–Crippen MR) is 117 cm³/mol. The van der Waals surface area contributed by atoms with E-state index in [1.54, 1.807) is 17.4 Å². The smallest absolute Gasteiger partial charge is 0.226 e. The van der Waals surface area contributed by atoms with Crippen molar-refractivity contribution < 1.29 is 9.59 Å². The van der Waals surface area contributed by atoms with Crippen LogP contribution < -0.4 is 5.32 Å². The van der Waals surface area contributed by atoms with Crippen molar-refractivity contribution in [2.45, 2.75) is 24.5 Å². The van der Waals surface area contributed by atoms with E-state index in [9.17, 15) is 9.59 Å². The second-order valence-electron chi connectivity index (χ2n) is 6.88. The van der Waals surface area contributed by atoms with Crippen molar-refractivity contribution in [2.75, 3.05) is 11.6 Å². The van der Waals surface area contributed by atoms with Crippen LogP contribution in [-0.4, -0.2) is 37.7 Å². The van der Waals surface area contributed by atoms with Crippen LogP contribution in [0.4, 0.5) is 5.69 Å². The molecular formula is C22H21N5O2S. The molecule has 0 saturated carbocycles. The van der Waals surface area contributed by atoms with Gasteiger partial charge in [-0.2, -0.15) is 0 Å². The third-order valence-electron chi connectivity index (χ3n) is 4.95. The molecule has 8 heteroatoms. The van der Waals surface area contributed by atoms with Gasteiger partial charge in [0.2, 0.25) is 11.8 Å². The highest BCUT2D eigenvalue weighted by Gasteiger charge is 2.28. The second kappa shape index (κ2) is 8.54. The molecule has 0 fully saturated rings. The minimum absolute atomic E-state index is 0.0993. The van der Waals surface area contributed by atoms with Gasteiger partial charge in [0.1, 0.15) is 6.33 Å². The Balaban J connectivity index is 1.54. The monoisotopic (exact) mass is 419 g/mol. The number of nitrogens with zero attached hydrogens (tertiary/aromatic N) is 4. The lowest BCUT2D eigenvalue weighted by molar-refractivity contribution is -0.129. The Morgan fingerprint density at radius 1 is 1.17 bits per heavy atom. The molecule has 0 bridgehead atoms. The summed E-state index contributed by atoms with van der Waals surface area (Å²) in [4.78, 5) is 26.6. The summed E-state index contributed by atoms with van der Waals surface area (Å²) in [5.74, 6) is -0.264. The largest absolute Gasteiger partial charge is 0.326 e. The summed E-state index contributed by atoms with van der Waals surface area (Å²) in [5, 5.41) is 11.7. The quantitative estimate of drug-likeness (QED) is 0.635. The molecule has 2 heterocycles. The Bertz CT molecular complexity index is 1120. The maximum atomic E-state index is 12.9. The normalized spacial score (nSPS) is 15.0. The predicted octanol–water partition coefficient (Wildman–Crippen LogP) is 3.89. The van der Waals surface area contributed by atoms with Crippen molar-refractivity contribution in [1.82, 2.24) is 19.7 Å². The molecule has 1 aliphatic rings. The van der Waals surface area contributed by atoms with Crippen LogP contribution in [0.1, 0.15) is 30.5 Å². The summed E-state index contributed by atoms with van der Waals surface area (Å²) in [6.45, 7) is 1.51. The van der Waals surface area contributed by atoms with E-state index in [1.807, 2.05) is 65.4 Å². The van der Waals surface area contributed by atoms with Gasteiger partial charge in [-0.1, -0.05) is 42.1 Å². The summed E-state index contributed by atoms with van der Waals surface area (Å²) in [6.07, 6.45) is 7.39. The number of hydrogen-bond donors (Lipinski definition) is 1. The first-order valence-corrected chi connectivity index (χ1v) is 10.7. The first-order valence-electron chi connectivity index (χ1n) is 9.47. The van der Waals surface area contributed by atoms with Crippen LogP contribution in [0.3, 0.4) is 0 Å². The first-order chi connectivity index (χ1) is 14.6. The summed E-state index contributed by atoms with van der Waals surface area (Å²) in [6, 6.07) is 15.0. The van der Waals surface area contributed by atoms with E-state index in [0.717, 1.165) is 22.0 Å². The lowest BCUT2D eigenvalue weighted by atomic mass is 9.93. The number of benzene rings is 2. The van der Waals surface area contributed by atoms with Crippen molar-refractivity contribution in [2.24, 2.45) is 0 Å². The highest BCUT2D eigenvalue weighted by molar-refractivity contribution is 7.98. The van der Waals surface area contributed by atoms with E-state index in [2.05, 4.69) is 15.5 Å². The average Bonchev–Trinajstić information content (AvgIpc) is 3.23. The number of thioether (sulfide) groups is 1. The van der Waals surface area contributed by atoms with Gasteiger partial charge in [0.05, 0.1) is 18.2 Å². The molecular weight excluding hydrogens is 398 g/mol. The molecule has 0 aliphatic carbocycles. The molecule has 3 aromatic rings. The molecule has 152 valence electrons. The zero-order valence-electron chi connectivity index (χ0n) is 16.6. The summed E-state index contributed by atoms with van der Waals surface area (Å²) < 4.78 is 1.86. The van der Waals surface area contributed by atoms with E-state index in [0.29, 0.717) is 5.69 Å². The fourth-order valence-electron chi connectivity index (χ4n) is 3.58. The Hall–Kier alpha value is -3.39. The van der Waals surface area contributed by atoms with Gasteiger partial charge >= 0.3 is 0 Å². The highest BCUT2D eigenvalue weighted by atomic mass is 32.2. The van der Waals surface area contributed by atoms with Crippen LogP contribution >= 0.6 is 11.8 Å². The molecule has 0 spiro atoms. The summed E-state index contributed by atoms with van der Waals surface area (Å²) >= 11 is 1.49. The van der Waals surface area contributed by atoms with Crippen LogP contribution in [0.5, 0.6) is 0 Å². The van der Waals surface area contributed by atoms with Crippen LogP contribution in [0.25, 0.3) is 11.8 Å². The van der Waals surface area contributed by atoms with Crippen LogP contribution in [0.15, 0.2) is 66.2 Å². The van der Waals surface area contributed by atoms with Gasteiger partial charge in [-0.25, -0.2) is 0 Å². The van der Waals surface area contributed by atoms with Gasteiger partial charge in [-0.3, -0.25) is 14.2 Å². The fraction of sp³-hybridized carbons (Fsp3) is 0.182. The maximum absolute atomic E-state index is 12.9. The van der Waals surface area contributed by atoms with Gasteiger partial charge in [0, 0.05) is 18.8 Å². The molecule has 4 rings (SSSR count). The molecule has 2 aromatic carbocycles. The lowest BCUT2D eigenvalue weighted by Crippen LogP contribution is -2.33. The third kappa shape index (κ3) is 3.99. The van der Waals surface area contributed by atoms with Crippen LogP contribution in [-0.2, 0) is 9.59 Å². The van der Waals surface area contributed by atoms with Gasteiger partial charge in [0.25, 0.3) is 0 Å². The van der Waals surface area contributed by atoms with Crippen molar-refractivity contribution in [3.63, 3.8) is 0 Å². The molecule has 1 N–H and O–H groups in total. The van der Waals surface area contributed by atoms with E-state index in [1.165, 1.54) is 18.7 Å². The highest BCUT2D eigenvalue weighted by Crippen LogP contribution is 2.33. The Kier molecular flexibility index (Phi) is 5.67. The SMILES string of the molecule is CSc1nncn1-c1cccc(NC(=O)C[C@@H]2c3ccccc3C=CN2C(C)=O)c1. The number of anilines is 1. The van der Waals surface area contributed by atoms with Crippen LogP contribution in [0, 0.1) is 0 Å². The molecule has 1 aliphatic heterocycles. The van der Waals surface area contributed by atoms with E-state index < -0.39 is 0 Å². The van der Waals surface area contributed by atoms with Crippen molar-refractivity contribution >= 4 is 35.3 Å². The van der Waals surface area contributed by atoms with E-state index in [-0.39, 0.29) is 24.3 Å². The zero-order valence-corrected chi connectivity index (χ0v) is 17.5. The molecule has 7 nitrogen and oxygen atoms in total. The van der Waals surface area contributed by atoms with Crippen molar-refractivity contribution in [1.29, 1.82) is 0 Å². The maximum Gasteiger partial charge on any atom is 0.226 e. The molecule has 2 amide bonds. The first kappa shape index (κ1) is 19.9. The molecule has 1 aromatic heterocycles. The Morgan fingerprint density at radius 3 is 2.80 bits per heavy atom. The van der Waals surface area contributed by atoms with E-state index >= 15 is 0 Å². The summed E-state index contributed by atoms with van der Waals surface area (Å²) in [5.41, 5.74) is 3.52. The summed E-state index contributed by atoms with van der Waals surface area (Å²) in [7, 11) is 0. The molecule has 0 saturated heterocycles. The number of carbonyl (C=O) groups is 2. The number of rotatable bonds is 5. The minimum atomic E-state index is -0.340. The lowest BCUT2D eigenvalue weighted by Gasteiger charge is -2.32. The standard InChI is InChI=1S/C22H21N5O2S/c1-15(28)26-11-10-16-6-3-4-9-19(16)20(26)13-21(29)24-17-7-5-8-18(12-17)27-14-23-25-22(27)30-2/h3-12,14,20H,13H2,1-2H3,(H,24,29)/t20-/m1/s1. The van der Waals surface area contributed by atoms with Gasteiger partial charge in [0.15, 0.2) is 5.16 Å². The zero-order chi connectivity index (χ0) is 21.1. The van der Waals surface area contributed by atoms with E-state index in [4.69, 9.17) is 0 Å². The number of hydrogen-bond acceptors (Lipinski definition) is 5. The Morgan fingerprint density at radius 2 is 2.00 bits per heavy atom. The van der Waals surface area contributed by atoms with Gasteiger partial charge in [-0.15, -0.1) is 10.2 Å². The second-order valence-corrected chi connectivity index (χ2v) is 7.65. The van der Waals surface area contributed by atoms with Crippen molar-refractivity contribution in [3.8, 4) is 5.69 Å². The number of amides is 2. The number of aromatic nitrogens is 3. The number of carbonyl (C=O) groups excluding carboxylic acids is 2. The topological polar surface area (TPSA) is 80.1 Å². The molecule has 0 radical (unpaired) electrons. The third-order valence-corrected chi connectivity index (χ3v) is 5.60. The van der Waals surface area contributed by atoms with Gasteiger partial charge < -0.3 is 10.2 Å². The van der Waals surface area contributed by atoms with Gasteiger partial charge in [-0.05, 0) is 41.7 Å². The molecule has 1 atom stereocenters. The van der Waals surface area contributed by atoms with Crippen LogP contribution in [0.2, 0.25) is 0 Å². The fourth-order valence-corrected chi connectivity index (χ4v) is 4.05. The number of fused-ring (bicyclic) bond motifs is 1. The molecule has 0 unspecified atom stereocenters. The molecule has 30 heavy (non-hydrogen) atoms. The van der Waals surface area contributed by atoms with Crippen molar-refractivity contribution in [3.05, 3.63) is 72.2 Å². The minimum Gasteiger partial charge on any atom is -0.326 e. The number of nitrogens with one attached hydrogen (secondary N) is 1. The average molecular weight is 420 g/mol.